The number of hydrogen-bond donors (Lipinski definition) is 1. The summed E-state index contributed by atoms with van der Waals surface area (Å²) >= 11 is 13.7. The van der Waals surface area contributed by atoms with Crippen LogP contribution in [-0.2, 0) is 16.0 Å². The van der Waals surface area contributed by atoms with Gasteiger partial charge in [-0.1, -0.05) is 29.3 Å². The molecule has 0 bridgehead atoms. The Morgan fingerprint density at radius 3 is 2.75 bits per heavy atom. The van der Waals surface area contributed by atoms with E-state index in [1.165, 1.54) is 0 Å². The highest BCUT2D eigenvalue weighted by atomic mass is 35.5. The summed E-state index contributed by atoms with van der Waals surface area (Å²) in [4.78, 5) is 27.5. The molecule has 1 saturated carbocycles. The van der Waals surface area contributed by atoms with Crippen LogP contribution in [0.5, 0.6) is 0 Å². The highest BCUT2D eigenvalue weighted by molar-refractivity contribution is 7.99. The molecule has 8 heteroatoms. The van der Waals surface area contributed by atoms with E-state index in [-0.39, 0.29) is 23.1 Å². The molecule has 2 unspecified atom stereocenters. The summed E-state index contributed by atoms with van der Waals surface area (Å²) < 4.78 is 5.19. The van der Waals surface area contributed by atoms with E-state index < -0.39 is 6.04 Å². The van der Waals surface area contributed by atoms with Crippen molar-refractivity contribution in [2.75, 3.05) is 12.3 Å². The van der Waals surface area contributed by atoms with Gasteiger partial charge in [0.15, 0.2) is 0 Å². The van der Waals surface area contributed by atoms with Crippen molar-refractivity contribution in [3.05, 3.63) is 58.0 Å². The van der Waals surface area contributed by atoms with Crippen molar-refractivity contribution < 1.29 is 14.0 Å². The SMILES string of the molecule is O=C(NCCc1ccc(Cl)cc1Cl)C1CSC(c2ccoc2)N1C(=O)C1CC1. The van der Waals surface area contributed by atoms with E-state index in [1.807, 2.05) is 12.1 Å². The van der Waals surface area contributed by atoms with Gasteiger partial charge in [0.2, 0.25) is 11.8 Å². The van der Waals surface area contributed by atoms with Gasteiger partial charge in [-0.3, -0.25) is 9.59 Å². The van der Waals surface area contributed by atoms with Crippen LogP contribution in [0.1, 0.15) is 29.3 Å². The molecular weight excluding hydrogens is 419 g/mol. The third-order valence-electron chi connectivity index (χ3n) is 5.02. The third kappa shape index (κ3) is 4.19. The van der Waals surface area contributed by atoms with Crippen LogP contribution in [0.4, 0.5) is 0 Å². The van der Waals surface area contributed by atoms with Gasteiger partial charge in [-0.25, -0.2) is 0 Å². The Morgan fingerprint density at radius 1 is 1.25 bits per heavy atom. The summed E-state index contributed by atoms with van der Waals surface area (Å²) in [7, 11) is 0. The van der Waals surface area contributed by atoms with Crippen molar-refractivity contribution >= 4 is 46.8 Å². The maximum absolute atomic E-state index is 12.9. The molecule has 2 aromatic rings. The van der Waals surface area contributed by atoms with Gasteiger partial charge in [0.1, 0.15) is 11.4 Å². The number of benzene rings is 1. The van der Waals surface area contributed by atoms with Crippen molar-refractivity contribution in [2.24, 2.45) is 5.92 Å². The topological polar surface area (TPSA) is 62.6 Å². The Kier molecular flexibility index (Phi) is 5.90. The summed E-state index contributed by atoms with van der Waals surface area (Å²) in [6.07, 6.45) is 5.65. The van der Waals surface area contributed by atoms with Gasteiger partial charge in [0.05, 0.1) is 12.5 Å². The monoisotopic (exact) mass is 438 g/mol. The number of hydrogen-bond acceptors (Lipinski definition) is 4. The average Bonchev–Trinajstić information content (AvgIpc) is 3.20. The van der Waals surface area contributed by atoms with E-state index in [0.717, 1.165) is 24.0 Å². The molecule has 0 radical (unpaired) electrons. The molecule has 28 heavy (non-hydrogen) atoms. The van der Waals surface area contributed by atoms with Crippen molar-refractivity contribution in [2.45, 2.75) is 30.7 Å². The minimum Gasteiger partial charge on any atom is -0.472 e. The fourth-order valence-electron chi connectivity index (χ4n) is 3.35. The number of rotatable bonds is 6. The molecule has 5 nitrogen and oxygen atoms in total. The maximum atomic E-state index is 12.9. The van der Waals surface area contributed by atoms with Crippen LogP contribution in [0.15, 0.2) is 41.2 Å². The van der Waals surface area contributed by atoms with Gasteiger partial charge < -0.3 is 14.6 Å². The molecule has 1 N–H and O–H groups in total. The molecule has 2 amide bonds. The lowest BCUT2D eigenvalue weighted by Gasteiger charge is -2.28. The summed E-state index contributed by atoms with van der Waals surface area (Å²) in [5, 5.41) is 3.96. The molecule has 1 aromatic heterocycles. The number of furan rings is 1. The van der Waals surface area contributed by atoms with Crippen molar-refractivity contribution in [3.63, 3.8) is 0 Å². The standard InChI is InChI=1S/C20H20Cl2N2O3S/c21-15-4-3-12(16(22)9-15)5-7-23-18(25)17-11-28-20(14-6-8-27-10-14)24(17)19(26)13-1-2-13/h3-4,6,8-10,13,17,20H,1-2,5,7,11H2,(H,23,25). The predicted octanol–water partition coefficient (Wildman–Crippen LogP) is 4.30. The summed E-state index contributed by atoms with van der Waals surface area (Å²) in [6.45, 7) is 0.448. The van der Waals surface area contributed by atoms with Crippen LogP contribution in [0.25, 0.3) is 0 Å². The first kappa shape index (κ1) is 19.7. The second kappa shape index (κ2) is 8.39. The number of halogens is 2. The third-order valence-corrected chi connectivity index (χ3v) is 6.93. The zero-order chi connectivity index (χ0) is 19.7. The molecule has 1 saturated heterocycles. The largest absolute Gasteiger partial charge is 0.472 e. The van der Waals surface area contributed by atoms with Crippen LogP contribution in [-0.4, -0.2) is 35.1 Å². The molecule has 4 rings (SSSR count). The lowest BCUT2D eigenvalue weighted by Crippen LogP contribution is -2.48. The van der Waals surface area contributed by atoms with Crippen LogP contribution in [0.3, 0.4) is 0 Å². The fourth-order valence-corrected chi connectivity index (χ4v) is 5.27. The summed E-state index contributed by atoms with van der Waals surface area (Å²) in [5.41, 5.74) is 1.84. The van der Waals surface area contributed by atoms with E-state index in [1.54, 1.807) is 41.3 Å². The smallest absolute Gasteiger partial charge is 0.243 e. The number of carbonyl (C=O) groups excluding carboxylic acids is 2. The minimum absolute atomic E-state index is 0.0521. The lowest BCUT2D eigenvalue weighted by atomic mass is 10.1. The van der Waals surface area contributed by atoms with Crippen LogP contribution in [0, 0.1) is 5.92 Å². The van der Waals surface area contributed by atoms with Crippen molar-refractivity contribution in [1.82, 2.24) is 10.2 Å². The maximum Gasteiger partial charge on any atom is 0.243 e. The summed E-state index contributed by atoms with van der Waals surface area (Å²) in [6, 6.07) is 6.72. The number of nitrogens with zero attached hydrogens (tertiary/aromatic N) is 1. The fraction of sp³-hybridized carbons (Fsp3) is 0.400. The minimum atomic E-state index is -0.473. The summed E-state index contributed by atoms with van der Waals surface area (Å²) in [5.74, 6) is 0.563. The first-order valence-electron chi connectivity index (χ1n) is 9.22. The molecule has 2 aliphatic rings. The first-order valence-corrected chi connectivity index (χ1v) is 11.0. The number of carbonyl (C=O) groups is 2. The molecule has 148 valence electrons. The second-order valence-corrected chi connectivity index (χ2v) is 9.01. The van der Waals surface area contributed by atoms with Crippen LogP contribution < -0.4 is 5.32 Å². The molecule has 2 fully saturated rings. The highest BCUT2D eigenvalue weighted by Gasteiger charge is 2.46. The van der Waals surface area contributed by atoms with Gasteiger partial charge in [-0.2, -0.15) is 0 Å². The average molecular weight is 439 g/mol. The number of amides is 2. The Bertz CT molecular complexity index is 870. The lowest BCUT2D eigenvalue weighted by molar-refractivity contribution is -0.140. The van der Waals surface area contributed by atoms with Gasteiger partial charge >= 0.3 is 0 Å². The van der Waals surface area contributed by atoms with Gasteiger partial charge in [0.25, 0.3) is 0 Å². The number of thioether (sulfide) groups is 1. The van der Waals surface area contributed by atoms with E-state index in [2.05, 4.69) is 5.32 Å². The zero-order valence-electron chi connectivity index (χ0n) is 15.1. The van der Waals surface area contributed by atoms with Gasteiger partial charge in [-0.05, 0) is 43.0 Å². The van der Waals surface area contributed by atoms with Crippen molar-refractivity contribution in [1.29, 1.82) is 0 Å². The van der Waals surface area contributed by atoms with Crippen LogP contribution >= 0.6 is 35.0 Å². The first-order chi connectivity index (χ1) is 13.5. The molecule has 1 aliphatic heterocycles. The van der Waals surface area contributed by atoms with Gasteiger partial charge in [0, 0.05) is 33.8 Å². The highest BCUT2D eigenvalue weighted by Crippen LogP contribution is 2.45. The molecule has 1 aromatic carbocycles. The molecular formula is C20H20Cl2N2O3S. The number of nitrogens with one attached hydrogen (secondary N) is 1. The van der Waals surface area contributed by atoms with E-state index in [9.17, 15) is 9.59 Å². The second-order valence-electron chi connectivity index (χ2n) is 7.05. The predicted molar refractivity (Wildman–Crippen MR) is 110 cm³/mol. The van der Waals surface area contributed by atoms with E-state index >= 15 is 0 Å². The Labute approximate surface area is 177 Å². The quantitative estimate of drug-likeness (QED) is 0.729. The zero-order valence-corrected chi connectivity index (χ0v) is 17.4. The Morgan fingerprint density at radius 2 is 2.07 bits per heavy atom. The molecule has 0 spiro atoms. The normalized spacial score (nSPS) is 21.7. The van der Waals surface area contributed by atoms with Crippen LogP contribution in [0.2, 0.25) is 10.0 Å². The van der Waals surface area contributed by atoms with Crippen molar-refractivity contribution in [3.8, 4) is 0 Å². The molecule has 1 aliphatic carbocycles. The van der Waals surface area contributed by atoms with Gasteiger partial charge in [-0.15, -0.1) is 11.8 Å². The van der Waals surface area contributed by atoms with E-state index in [0.29, 0.717) is 28.8 Å². The molecule has 2 atom stereocenters. The Hall–Kier alpha value is -1.63. The van der Waals surface area contributed by atoms with E-state index in [4.69, 9.17) is 27.6 Å². The molecule has 2 heterocycles. The Balaban J connectivity index is 1.41.